The third kappa shape index (κ3) is 19.9. The molecule has 4 saturated heterocycles. The normalized spacial score (nSPS) is 20.9. The topological polar surface area (TPSA) is 302 Å². The third-order valence-corrected chi connectivity index (χ3v) is 28.9. The number of ketones is 1. The van der Waals surface area contributed by atoms with Crippen LogP contribution in [0.4, 0.5) is 5.69 Å². The van der Waals surface area contributed by atoms with E-state index in [1.807, 2.05) is 192 Å². The van der Waals surface area contributed by atoms with Crippen LogP contribution in [-0.4, -0.2) is 174 Å². The van der Waals surface area contributed by atoms with Crippen molar-refractivity contribution in [2.24, 2.45) is 23.7 Å². The van der Waals surface area contributed by atoms with Crippen molar-refractivity contribution < 1.29 is 111 Å². The Morgan fingerprint density at radius 2 is 0.844 bits per heavy atom. The van der Waals surface area contributed by atoms with Gasteiger partial charge in [-0.3, -0.25) is 24.0 Å². The van der Waals surface area contributed by atoms with E-state index in [2.05, 4.69) is 59.0 Å². The number of carbonyl (C=O) groups is 9. The number of Topliss-reactive ketones (excluding diaryl/α,β-unsaturated/α-hetero) is 1. The quantitative estimate of drug-likeness (QED) is 0.00603. The summed E-state index contributed by atoms with van der Waals surface area (Å²) in [5.41, 5.74) is 15.5. The van der Waals surface area contributed by atoms with Crippen molar-refractivity contribution in [2.45, 2.75) is 162 Å². The fraction of sp³-hybridized carbons (Fsp3) is 0.333. The summed E-state index contributed by atoms with van der Waals surface area (Å²) < 4.78 is 29.0. The van der Waals surface area contributed by atoms with Crippen LogP contribution < -0.4 is 56.3 Å². The van der Waals surface area contributed by atoms with E-state index < -0.39 is 89.5 Å². The predicted octanol–water partition coefficient (Wildman–Crippen LogP) is 8.79. The Morgan fingerprint density at radius 3 is 1.23 bits per heavy atom. The zero-order chi connectivity index (χ0) is 87.9. The van der Waals surface area contributed by atoms with E-state index in [9.17, 15) is 58.5 Å². The Bertz CT molecular complexity index is 5230. The number of nitrogens with two attached hydrogens (primary N) is 1. The molecule has 0 spiro atoms. The number of esters is 3. The molecular weight excluding hydrogens is 1610 g/mol. The molecule has 634 valence electrons. The van der Waals surface area contributed by atoms with Crippen molar-refractivity contribution in [3.63, 3.8) is 0 Å². The number of aliphatic hydroxyl groups excluding tert-OH is 2. The molecule has 0 radical (unpaired) electrons. The second-order valence-electron chi connectivity index (χ2n) is 33.5. The number of carboxylic acid groups (broad SMARTS) is 1. The molecule has 12 atom stereocenters. The zero-order valence-corrected chi connectivity index (χ0v) is 76.9. The molecule has 122 heavy (non-hydrogen) atoms. The van der Waals surface area contributed by atoms with E-state index in [1.54, 1.807) is 47.1 Å². The molecular formula is C96H109N5NaO17PSi2. The first kappa shape index (κ1) is 94.0. The van der Waals surface area contributed by atoms with Crippen LogP contribution in [0.15, 0.2) is 243 Å². The van der Waals surface area contributed by atoms with E-state index in [1.165, 1.54) is 35.0 Å². The average molecular weight is 1720 g/mol. The summed E-state index contributed by atoms with van der Waals surface area (Å²) in [5.74, 6) is -5.85. The molecule has 4 N–H and O–H groups in total. The fourth-order valence-electron chi connectivity index (χ4n) is 17.6. The molecule has 14 rings (SSSR count). The van der Waals surface area contributed by atoms with Gasteiger partial charge in [0.2, 0.25) is 23.6 Å². The number of anilines is 1. The molecule has 7 aromatic rings. The van der Waals surface area contributed by atoms with Crippen molar-refractivity contribution in [1.29, 1.82) is 0 Å². The number of nitrogen functional groups attached to an aromatic ring is 1. The number of rotatable bonds is 28. The monoisotopic (exact) mass is 1710 g/mol. The van der Waals surface area contributed by atoms with Crippen LogP contribution >= 0.6 is 6.89 Å². The minimum absolute atomic E-state index is 0. The number of benzene rings is 7. The Labute approximate surface area is 739 Å². The number of ether oxygens (including phenoxy) is 3. The number of carbonyl (C=O) groups excluding carboxylic acids is 9. The van der Waals surface area contributed by atoms with Gasteiger partial charge in [0.25, 0.3) is 0 Å². The summed E-state index contributed by atoms with van der Waals surface area (Å²) in [6.07, 6.45) is 3.97. The number of nitrogens with zero attached hydrogens (tertiary/aromatic N) is 4. The number of β-lactam (4-membered cyclic amide) rings is 4. The summed E-state index contributed by atoms with van der Waals surface area (Å²) in [6.45, 7) is 33.5. The van der Waals surface area contributed by atoms with Crippen LogP contribution in [0.3, 0.4) is 0 Å². The maximum absolute atomic E-state index is 14.8. The van der Waals surface area contributed by atoms with Crippen molar-refractivity contribution in [3.8, 4) is 0 Å². The van der Waals surface area contributed by atoms with Crippen LogP contribution in [0.25, 0.3) is 16.7 Å². The van der Waals surface area contributed by atoms with Crippen LogP contribution in [0.5, 0.6) is 0 Å². The van der Waals surface area contributed by atoms with Crippen molar-refractivity contribution in [3.05, 3.63) is 282 Å². The van der Waals surface area contributed by atoms with Gasteiger partial charge in [-0.15, -0.1) is 0 Å². The summed E-state index contributed by atoms with van der Waals surface area (Å²) >= 11 is 0. The number of aliphatic carboxylic acids is 1. The van der Waals surface area contributed by atoms with E-state index in [0.29, 0.717) is 53.0 Å². The molecule has 0 aromatic heterocycles. The first-order chi connectivity index (χ1) is 57.5. The smallest absolute Gasteiger partial charge is 0.543 e. The van der Waals surface area contributed by atoms with E-state index in [-0.39, 0.29) is 126 Å². The molecule has 7 aliphatic rings. The van der Waals surface area contributed by atoms with Gasteiger partial charge in [-0.25, -0.2) is 14.4 Å². The number of likely N-dealkylation sites (tertiary alicyclic amines) is 1. The zero-order valence-electron chi connectivity index (χ0n) is 72.0. The van der Waals surface area contributed by atoms with Gasteiger partial charge in [0.05, 0.1) is 83.9 Å². The molecule has 26 heteroatoms. The standard InChI is InChI=1S/C40H44NO5PSi.C22H29NO4Si.C19H21NO4.C15H16N2O4.Na/c1-7-26-45-40(44)39(47(32-20-11-8-12-21-32,33-22-13-9-14-23-33)34-24-15-10-16-25-34)41-35(28-36(42)31-19-17-18-29(2)27-31)37(38(41)43)30(3)46-48(4,5)6;1-7-11-26-22(25)20-17(16-10-8-9-14(2)12-16)13-18-19(21(24)23(18)20)15(3)27-28(4,5)6;1-4-8-24-19(23)17-14(13-7-5-6-11(2)9-13)10-15-16(12(3)21)18(22)20(15)17;1-7(18)12-11-6-10(8-3-2-4-9(16)5-8)13(15(20)21)17(11)14(12)19;/h7-25,27,30,35,37H,1,26,28H2,2-6H3;7-10,12,15,18-19H,1,11,13H2,2-6H3;4-7,9,12,15-16,21H,1,8,10H2,2-3H3;2-5,7,11-12,18H,6,16H2,1H3,(H,20,21);/q;;;;+1/p-1/t30-,35-,37-;15-,18-,19-;12-,15-,16-;7-,11-,12-;/m1111./s1. The first-order valence-electron chi connectivity index (χ1n) is 40.8. The number of hydrogen-bond donors (Lipinski definition) is 3. The molecule has 7 heterocycles. The van der Waals surface area contributed by atoms with Crippen molar-refractivity contribution in [1.82, 2.24) is 19.6 Å². The maximum Gasteiger partial charge on any atom is 1.00 e. The fourth-order valence-corrected chi connectivity index (χ4v) is 24.6. The summed E-state index contributed by atoms with van der Waals surface area (Å²) in [4.78, 5) is 124. The Balaban J connectivity index is 0.000000180. The van der Waals surface area contributed by atoms with E-state index >= 15 is 0 Å². The SMILES string of the molecule is C=CCOC(=O)C(N1C(=O)[C@H]([C@@H](C)O[Si](C)(C)C)[C@H]1CC(=O)c1cccc(C)c1)=P(c1ccccc1)(c1ccccc1)c1ccccc1.C=CCOC(=O)C1=C(c2cccc(C)c2)C[C@@H]2[C@@H]([C@@H](C)O)C(=O)N12.C=CCOC(=O)C1=C(c2cccc(C)c2)C[C@@H]2[C@@H]([C@@H](C)O[Si](C)(C)C)C(=O)N12.C[C@@H](O)[C@H]1C(=O)N2C(C(=O)[O-])=C(c3cccc(N)c3)C[C@H]12.[Na+]. The number of carboxylic acids is 1. The van der Waals surface area contributed by atoms with Gasteiger partial charge >= 0.3 is 47.5 Å². The summed E-state index contributed by atoms with van der Waals surface area (Å²) in [5, 5.41) is 33.6. The number of aryl methyl sites for hydroxylation is 3. The van der Waals surface area contributed by atoms with Gasteiger partial charge in [-0.2, -0.15) is 0 Å². The molecule has 0 saturated carbocycles. The third-order valence-electron chi connectivity index (χ3n) is 22.5. The molecule has 0 unspecified atom stereocenters. The van der Waals surface area contributed by atoms with Crippen LogP contribution in [0.1, 0.15) is 97.1 Å². The molecule has 7 aliphatic heterocycles. The molecule has 22 nitrogen and oxygen atoms in total. The van der Waals surface area contributed by atoms with Crippen LogP contribution in [-0.2, 0) is 61.4 Å². The minimum atomic E-state index is -3.11. The first-order valence-corrected chi connectivity index (χ1v) is 49.4. The van der Waals surface area contributed by atoms with Gasteiger partial charge in [-0.05, 0) is 175 Å². The average Bonchev–Trinajstić information content (AvgIpc) is 1.27. The van der Waals surface area contributed by atoms with Gasteiger partial charge in [0, 0.05) is 24.6 Å². The number of hydrogen-bond acceptors (Lipinski definition) is 18. The molecule has 0 bridgehead atoms. The van der Waals surface area contributed by atoms with Gasteiger partial charge in [0.15, 0.2) is 22.4 Å². The molecule has 7 aromatic carbocycles. The van der Waals surface area contributed by atoms with Gasteiger partial charge in [0.1, 0.15) is 36.6 Å². The number of amides is 4. The number of aliphatic hydroxyl groups is 2. The Morgan fingerprint density at radius 1 is 0.484 bits per heavy atom. The Kier molecular flexibility index (Phi) is 30.8. The van der Waals surface area contributed by atoms with Gasteiger partial charge in [-0.1, -0.05) is 225 Å². The summed E-state index contributed by atoms with van der Waals surface area (Å²) in [7, 11) is -3.85. The molecule has 4 amide bonds. The predicted molar refractivity (Wildman–Crippen MR) is 474 cm³/mol. The maximum atomic E-state index is 14.8. The minimum Gasteiger partial charge on any atom is -0.543 e. The molecule has 0 aliphatic carbocycles. The van der Waals surface area contributed by atoms with Crippen molar-refractivity contribution in [2.75, 3.05) is 25.6 Å². The van der Waals surface area contributed by atoms with Crippen LogP contribution in [0.2, 0.25) is 39.3 Å². The van der Waals surface area contributed by atoms with Crippen molar-refractivity contribution >= 4 is 121 Å². The largest absolute Gasteiger partial charge is 1.00 e. The second-order valence-corrected chi connectivity index (χ2v) is 45.7. The number of fused-ring (bicyclic) bond motifs is 3. The Hall–Kier alpha value is -10.2. The summed E-state index contributed by atoms with van der Waals surface area (Å²) in [6, 6.07) is 58.6. The van der Waals surface area contributed by atoms with E-state index in [0.717, 1.165) is 54.9 Å². The second kappa shape index (κ2) is 40.0. The molecule has 4 fully saturated rings. The van der Waals surface area contributed by atoms with Crippen LogP contribution in [0, 0.1) is 44.4 Å². The van der Waals surface area contributed by atoms with Gasteiger partial charge < -0.3 is 68.5 Å². The van der Waals surface area contributed by atoms with E-state index in [4.69, 9.17) is 28.8 Å².